The Morgan fingerprint density at radius 3 is 2.45 bits per heavy atom. The highest BCUT2D eigenvalue weighted by Crippen LogP contribution is 2.17. The van der Waals surface area contributed by atoms with E-state index in [4.69, 9.17) is 5.11 Å². The van der Waals surface area contributed by atoms with Crippen LogP contribution in [0.15, 0.2) is 0 Å². The minimum Gasteiger partial charge on any atom is -0.481 e. The minimum atomic E-state index is -1.07. The number of aliphatic carboxylic acids is 1. The van der Waals surface area contributed by atoms with Crippen LogP contribution in [0.5, 0.6) is 0 Å². The fraction of sp³-hybridized carbons (Fsp3) is 0.714. The molecule has 0 saturated heterocycles. The van der Waals surface area contributed by atoms with E-state index in [-0.39, 0.29) is 11.9 Å². The number of amides is 1. The molecule has 2 N–H and O–H groups in total. The molecule has 1 fully saturated rings. The number of rotatable bonds is 3. The lowest BCUT2D eigenvalue weighted by Crippen LogP contribution is -2.40. The Labute approximate surface area is 64.6 Å². The Kier molecular flexibility index (Phi) is 2.46. The molecule has 0 radical (unpaired) electrons. The molecule has 0 aromatic rings. The highest BCUT2D eigenvalue weighted by molar-refractivity contribution is 5.93. The molecule has 0 aromatic heterocycles. The quantitative estimate of drug-likeness (QED) is 0.572. The fourth-order valence-electron chi connectivity index (χ4n) is 0.969. The van der Waals surface area contributed by atoms with Crippen LogP contribution in [0.2, 0.25) is 0 Å². The minimum absolute atomic E-state index is 0.238. The zero-order valence-corrected chi connectivity index (χ0v) is 6.17. The Bertz CT molecular complexity index is 175. The largest absolute Gasteiger partial charge is 0.481 e. The maximum atomic E-state index is 10.8. The van der Waals surface area contributed by atoms with Gasteiger partial charge in [0.2, 0.25) is 5.91 Å². The molecule has 0 unspecified atom stereocenters. The standard InChI is InChI=1S/C7H11NO3/c9-6(4-7(10)11)8-5-2-1-3-5/h5H,1-4H2,(H,8,9)(H,10,11). The Morgan fingerprint density at radius 2 is 2.09 bits per heavy atom. The monoisotopic (exact) mass is 157 g/mol. The highest BCUT2D eigenvalue weighted by atomic mass is 16.4. The number of carbonyl (C=O) groups is 2. The second-order valence-electron chi connectivity index (χ2n) is 2.77. The predicted octanol–water partition coefficient (Wildman–Crippen LogP) is 0.130. The van der Waals surface area contributed by atoms with Crippen molar-refractivity contribution < 1.29 is 14.7 Å². The van der Waals surface area contributed by atoms with Crippen molar-refractivity contribution in [3.8, 4) is 0 Å². The number of nitrogens with one attached hydrogen (secondary N) is 1. The summed E-state index contributed by atoms with van der Waals surface area (Å²) >= 11 is 0. The Hall–Kier alpha value is -1.06. The third-order valence-corrected chi connectivity index (χ3v) is 1.78. The molecule has 62 valence electrons. The third-order valence-electron chi connectivity index (χ3n) is 1.78. The van der Waals surface area contributed by atoms with E-state index in [0.29, 0.717) is 0 Å². The molecule has 4 nitrogen and oxygen atoms in total. The van der Waals surface area contributed by atoms with E-state index in [2.05, 4.69) is 5.32 Å². The van der Waals surface area contributed by atoms with Gasteiger partial charge >= 0.3 is 5.97 Å². The zero-order chi connectivity index (χ0) is 8.27. The molecule has 0 aliphatic heterocycles. The van der Waals surface area contributed by atoms with Gasteiger partial charge in [0.15, 0.2) is 0 Å². The molecular weight excluding hydrogens is 146 g/mol. The van der Waals surface area contributed by atoms with E-state index >= 15 is 0 Å². The van der Waals surface area contributed by atoms with Crippen molar-refractivity contribution in [2.75, 3.05) is 0 Å². The highest BCUT2D eigenvalue weighted by Gasteiger charge is 2.19. The maximum Gasteiger partial charge on any atom is 0.312 e. The van der Waals surface area contributed by atoms with Gasteiger partial charge in [0.05, 0.1) is 0 Å². The van der Waals surface area contributed by atoms with E-state index in [1.165, 1.54) is 0 Å². The number of hydrogen-bond acceptors (Lipinski definition) is 2. The molecule has 0 atom stereocenters. The van der Waals surface area contributed by atoms with Gasteiger partial charge in [-0.15, -0.1) is 0 Å². The average molecular weight is 157 g/mol. The summed E-state index contributed by atoms with van der Waals surface area (Å²) < 4.78 is 0. The lowest BCUT2D eigenvalue weighted by atomic mass is 9.93. The lowest BCUT2D eigenvalue weighted by molar-refractivity contribution is -0.141. The van der Waals surface area contributed by atoms with Crippen molar-refractivity contribution in [1.29, 1.82) is 0 Å². The molecule has 4 heteroatoms. The number of carboxylic acids is 1. The molecule has 0 bridgehead atoms. The van der Waals surface area contributed by atoms with Gasteiger partial charge in [-0.3, -0.25) is 9.59 Å². The molecule has 1 aliphatic rings. The summed E-state index contributed by atoms with van der Waals surface area (Å²) in [6, 6.07) is 0.238. The van der Waals surface area contributed by atoms with Gasteiger partial charge < -0.3 is 10.4 Å². The summed E-state index contributed by atoms with van der Waals surface area (Å²) in [5, 5.41) is 10.9. The van der Waals surface area contributed by atoms with Crippen LogP contribution in [-0.2, 0) is 9.59 Å². The molecular formula is C7H11NO3. The molecule has 1 amide bonds. The van der Waals surface area contributed by atoms with Gasteiger partial charge in [-0.1, -0.05) is 0 Å². The van der Waals surface area contributed by atoms with E-state index in [9.17, 15) is 9.59 Å². The molecule has 1 aliphatic carbocycles. The second-order valence-corrected chi connectivity index (χ2v) is 2.77. The SMILES string of the molecule is O=C(O)CC(=O)NC1CCC1. The first-order chi connectivity index (χ1) is 5.18. The number of carboxylic acid groups (broad SMARTS) is 1. The molecule has 1 rings (SSSR count). The van der Waals surface area contributed by atoms with Gasteiger partial charge in [0, 0.05) is 6.04 Å². The normalized spacial score (nSPS) is 17.1. The van der Waals surface area contributed by atoms with E-state index < -0.39 is 12.4 Å². The van der Waals surface area contributed by atoms with E-state index in [1.807, 2.05) is 0 Å². The van der Waals surface area contributed by atoms with Gasteiger partial charge in [-0.25, -0.2) is 0 Å². The van der Waals surface area contributed by atoms with Crippen LogP contribution < -0.4 is 5.32 Å². The van der Waals surface area contributed by atoms with Crippen molar-refractivity contribution >= 4 is 11.9 Å². The van der Waals surface area contributed by atoms with Gasteiger partial charge in [-0.2, -0.15) is 0 Å². The van der Waals surface area contributed by atoms with Crippen molar-refractivity contribution in [2.24, 2.45) is 0 Å². The third kappa shape index (κ3) is 2.57. The summed E-state index contributed by atoms with van der Waals surface area (Å²) in [5.41, 5.74) is 0. The first kappa shape index (κ1) is 8.04. The lowest BCUT2D eigenvalue weighted by Gasteiger charge is -2.25. The summed E-state index contributed by atoms with van der Waals surface area (Å²) in [7, 11) is 0. The molecule has 1 saturated carbocycles. The molecule has 0 spiro atoms. The number of carbonyl (C=O) groups excluding carboxylic acids is 1. The molecule has 0 heterocycles. The van der Waals surface area contributed by atoms with Crippen LogP contribution >= 0.6 is 0 Å². The van der Waals surface area contributed by atoms with Crippen LogP contribution in [0.3, 0.4) is 0 Å². The Balaban J connectivity index is 2.14. The average Bonchev–Trinajstić information content (AvgIpc) is 1.77. The van der Waals surface area contributed by atoms with Crippen LogP contribution in [-0.4, -0.2) is 23.0 Å². The summed E-state index contributed by atoms with van der Waals surface area (Å²) in [5.74, 6) is -1.44. The summed E-state index contributed by atoms with van der Waals surface area (Å²) in [4.78, 5) is 20.8. The van der Waals surface area contributed by atoms with Gasteiger partial charge in [0.1, 0.15) is 6.42 Å². The van der Waals surface area contributed by atoms with Crippen molar-refractivity contribution in [3.05, 3.63) is 0 Å². The zero-order valence-electron chi connectivity index (χ0n) is 6.17. The predicted molar refractivity (Wildman–Crippen MR) is 38.0 cm³/mol. The molecule has 11 heavy (non-hydrogen) atoms. The first-order valence-corrected chi connectivity index (χ1v) is 3.69. The smallest absolute Gasteiger partial charge is 0.312 e. The second kappa shape index (κ2) is 3.37. The summed E-state index contributed by atoms with van der Waals surface area (Å²) in [6.45, 7) is 0. The molecule has 0 aromatic carbocycles. The fourth-order valence-corrected chi connectivity index (χ4v) is 0.969. The van der Waals surface area contributed by atoms with E-state index in [1.54, 1.807) is 0 Å². The van der Waals surface area contributed by atoms with Gasteiger partial charge in [0.25, 0.3) is 0 Å². The van der Waals surface area contributed by atoms with Crippen molar-refractivity contribution in [1.82, 2.24) is 5.32 Å². The van der Waals surface area contributed by atoms with Crippen LogP contribution in [0.25, 0.3) is 0 Å². The topological polar surface area (TPSA) is 66.4 Å². The van der Waals surface area contributed by atoms with Crippen molar-refractivity contribution in [3.63, 3.8) is 0 Å². The Morgan fingerprint density at radius 1 is 1.45 bits per heavy atom. The summed E-state index contributed by atoms with van der Waals surface area (Å²) in [6.07, 6.45) is 2.71. The van der Waals surface area contributed by atoms with Crippen LogP contribution in [0.4, 0.5) is 0 Å². The maximum absolute atomic E-state index is 10.8. The van der Waals surface area contributed by atoms with Crippen LogP contribution in [0, 0.1) is 0 Å². The van der Waals surface area contributed by atoms with E-state index in [0.717, 1.165) is 19.3 Å². The first-order valence-electron chi connectivity index (χ1n) is 3.69. The van der Waals surface area contributed by atoms with Crippen LogP contribution in [0.1, 0.15) is 25.7 Å². The number of hydrogen-bond donors (Lipinski definition) is 2. The van der Waals surface area contributed by atoms with Gasteiger partial charge in [-0.05, 0) is 19.3 Å². The van der Waals surface area contributed by atoms with Crippen molar-refractivity contribution in [2.45, 2.75) is 31.7 Å².